The first-order chi connectivity index (χ1) is 9.51. The molecule has 0 saturated heterocycles. The van der Waals surface area contributed by atoms with E-state index in [1.54, 1.807) is 12.1 Å². The number of hydrogen-bond acceptors (Lipinski definition) is 4. The predicted octanol–water partition coefficient (Wildman–Crippen LogP) is 3.64. The zero-order chi connectivity index (χ0) is 14.7. The molecule has 0 aliphatic rings. The number of benzene rings is 1. The number of halogens is 4. The van der Waals surface area contributed by atoms with E-state index in [0.29, 0.717) is 16.5 Å². The van der Waals surface area contributed by atoms with Gasteiger partial charge < -0.3 is 10.2 Å². The number of pyridine rings is 1. The van der Waals surface area contributed by atoms with Crippen LogP contribution in [0.3, 0.4) is 0 Å². The van der Waals surface area contributed by atoms with Crippen molar-refractivity contribution in [3.8, 4) is 5.75 Å². The summed E-state index contributed by atoms with van der Waals surface area (Å²) in [6.45, 7) is -0.0878. The minimum atomic E-state index is -0.818. The molecule has 0 radical (unpaired) electrons. The lowest BCUT2D eigenvalue weighted by molar-refractivity contribution is 0.283. The van der Waals surface area contributed by atoms with Gasteiger partial charge >= 0.3 is 0 Å². The Labute approximate surface area is 127 Å². The van der Waals surface area contributed by atoms with E-state index in [4.69, 9.17) is 22.2 Å². The number of nitrogens with one attached hydrogen (secondary N) is 1. The summed E-state index contributed by atoms with van der Waals surface area (Å²) in [6.07, 6.45) is 0. The molecule has 1 aromatic carbocycles. The third-order valence-corrected chi connectivity index (χ3v) is 3.32. The van der Waals surface area contributed by atoms with Crippen LogP contribution in [0.5, 0.6) is 5.75 Å². The van der Waals surface area contributed by atoms with Gasteiger partial charge in [-0.25, -0.2) is 19.6 Å². The SMILES string of the molecule is NNc1ccc(Cl)c(COc2c(F)cc(F)cc2Br)n1. The molecule has 106 valence electrons. The van der Waals surface area contributed by atoms with Crippen LogP contribution >= 0.6 is 27.5 Å². The van der Waals surface area contributed by atoms with Gasteiger partial charge in [0.25, 0.3) is 0 Å². The van der Waals surface area contributed by atoms with Gasteiger partial charge in [0, 0.05) is 6.07 Å². The maximum Gasteiger partial charge on any atom is 0.169 e. The van der Waals surface area contributed by atoms with Crippen LogP contribution in [-0.4, -0.2) is 4.98 Å². The second-order valence-electron chi connectivity index (χ2n) is 3.76. The molecule has 0 bridgehead atoms. The molecule has 3 N–H and O–H groups in total. The molecule has 8 heteroatoms. The molecule has 0 unspecified atom stereocenters. The molecule has 0 amide bonds. The van der Waals surface area contributed by atoms with E-state index in [-0.39, 0.29) is 16.8 Å². The average molecular weight is 365 g/mol. The normalized spacial score (nSPS) is 10.4. The number of hydrazine groups is 1. The van der Waals surface area contributed by atoms with Crippen molar-refractivity contribution in [1.29, 1.82) is 0 Å². The highest BCUT2D eigenvalue weighted by atomic mass is 79.9. The van der Waals surface area contributed by atoms with Crippen LogP contribution in [0, 0.1) is 11.6 Å². The first kappa shape index (κ1) is 15.0. The Balaban J connectivity index is 2.21. The molecular formula is C12H9BrClF2N3O. The summed E-state index contributed by atoms with van der Waals surface area (Å²) < 4.78 is 32.0. The van der Waals surface area contributed by atoms with Crippen molar-refractivity contribution in [2.24, 2.45) is 5.84 Å². The summed E-state index contributed by atoms with van der Waals surface area (Å²) in [6, 6.07) is 5.00. The third-order valence-electron chi connectivity index (χ3n) is 2.38. The van der Waals surface area contributed by atoms with Crippen molar-refractivity contribution < 1.29 is 13.5 Å². The minimum Gasteiger partial charge on any atom is -0.483 e. The largest absolute Gasteiger partial charge is 0.483 e. The number of nitrogens with two attached hydrogens (primary N) is 1. The van der Waals surface area contributed by atoms with E-state index in [1.165, 1.54) is 0 Å². The summed E-state index contributed by atoms with van der Waals surface area (Å²) in [5, 5.41) is 0.350. The van der Waals surface area contributed by atoms with Gasteiger partial charge in [0.05, 0.1) is 15.2 Å². The number of anilines is 1. The van der Waals surface area contributed by atoms with Gasteiger partial charge in [0.15, 0.2) is 11.6 Å². The predicted molar refractivity (Wildman–Crippen MR) is 75.4 cm³/mol. The minimum absolute atomic E-state index is 0.0878. The Morgan fingerprint density at radius 3 is 2.75 bits per heavy atom. The summed E-state index contributed by atoms with van der Waals surface area (Å²) in [5.41, 5.74) is 2.74. The average Bonchev–Trinajstić information content (AvgIpc) is 2.39. The van der Waals surface area contributed by atoms with E-state index in [1.807, 2.05) is 0 Å². The fraction of sp³-hybridized carbons (Fsp3) is 0.0833. The van der Waals surface area contributed by atoms with Gasteiger partial charge in [0.1, 0.15) is 18.2 Å². The van der Waals surface area contributed by atoms with Crippen LogP contribution in [0.4, 0.5) is 14.6 Å². The molecule has 0 saturated carbocycles. The summed E-state index contributed by atoms with van der Waals surface area (Å²) >= 11 is 8.98. The Morgan fingerprint density at radius 2 is 2.10 bits per heavy atom. The van der Waals surface area contributed by atoms with Crippen molar-refractivity contribution >= 4 is 33.3 Å². The number of hydrogen-bond donors (Lipinski definition) is 2. The molecule has 1 heterocycles. The summed E-state index contributed by atoms with van der Waals surface area (Å²) in [7, 11) is 0. The van der Waals surface area contributed by atoms with E-state index < -0.39 is 11.6 Å². The zero-order valence-electron chi connectivity index (χ0n) is 9.96. The number of ether oxygens (including phenoxy) is 1. The van der Waals surface area contributed by atoms with Gasteiger partial charge in [-0.15, -0.1) is 0 Å². The van der Waals surface area contributed by atoms with Crippen LogP contribution in [-0.2, 0) is 6.61 Å². The summed E-state index contributed by atoms with van der Waals surface area (Å²) in [4.78, 5) is 4.08. The van der Waals surface area contributed by atoms with Crippen molar-refractivity contribution in [1.82, 2.24) is 4.98 Å². The number of rotatable bonds is 4. The van der Waals surface area contributed by atoms with E-state index in [9.17, 15) is 8.78 Å². The standard InChI is InChI=1S/C12H9BrClF2N3O/c13-7-3-6(15)4-9(16)12(7)20-5-10-8(14)1-2-11(18-10)19-17/h1-4H,5,17H2,(H,18,19). The van der Waals surface area contributed by atoms with E-state index >= 15 is 0 Å². The highest BCUT2D eigenvalue weighted by Gasteiger charge is 2.13. The molecular weight excluding hydrogens is 356 g/mol. The first-order valence-corrected chi connectivity index (χ1v) is 6.57. The van der Waals surface area contributed by atoms with Gasteiger partial charge in [-0.05, 0) is 34.1 Å². The second kappa shape index (κ2) is 6.34. The monoisotopic (exact) mass is 363 g/mol. The van der Waals surface area contributed by atoms with Gasteiger partial charge in [0.2, 0.25) is 0 Å². The molecule has 0 aliphatic carbocycles. The Hall–Kier alpha value is -1.44. The maximum absolute atomic E-state index is 13.6. The number of aromatic nitrogens is 1. The molecule has 4 nitrogen and oxygen atoms in total. The van der Waals surface area contributed by atoms with Crippen molar-refractivity contribution in [3.63, 3.8) is 0 Å². The van der Waals surface area contributed by atoms with Crippen molar-refractivity contribution in [3.05, 3.63) is 51.1 Å². The Bertz CT molecular complexity index is 619. The topological polar surface area (TPSA) is 60.2 Å². The zero-order valence-corrected chi connectivity index (χ0v) is 12.3. The summed E-state index contributed by atoms with van der Waals surface area (Å²) in [5.74, 6) is 3.99. The highest BCUT2D eigenvalue weighted by Crippen LogP contribution is 2.30. The van der Waals surface area contributed by atoms with Gasteiger partial charge in [-0.1, -0.05) is 11.6 Å². The molecule has 20 heavy (non-hydrogen) atoms. The highest BCUT2D eigenvalue weighted by molar-refractivity contribution is 9.10. The maximum atomic E-state index is 13.6. The van der Waals surface area contributed by atoms with Crippen LogP contribution < -0.4 is 16.0 Å². The molecule has 2 rings (SSSR count). The molecule has 2 aromatic rings. The van der Waals surface area contributed by atoms with Crippen LogP contribution in [0.15, 0.2) is 28.7 Å². The molecule has 1 aromatic heterocycles. The van der Waals surface area contributed by atoms with Crippen LogP contribution in [0.1, 0.15) is 5.69 Å². The molecule has 0 atom stereocenters. The Morgan fingerprint density at radius 1 is 1.35 bits per heavy atom. The quantitative estimate of drug-likeness (QED) is 0.642. The second-order valence-corrected chi connectivity index (χ2v) is 5.02. The molecule has 0 spiro atoms. The van der Waals surface area contributed by atoms with Crippen molar-refractivity contribution in [2.75, 3.05) is 5.43 Å². The fourth-order valence-electron chi connectivity index (χ4n) is 1.47. The lowest BCUT2D eigenvalue weighted by Gasteiger charge is -2.11. The van der Waals surface area contributed by atoms with Crippen LogP contribution in [0.25, 0.3) is 0 Å². The van der Waals surface area contributed by atoms with Crippen molar-refractivity contribution in [2.45, 2.75) is 6.61 Å². The van der Waals surface area contributed by atoms with E-state index in [2.05, 4.69) is 26.3 Å². The van der Waals surface area contributed by atoms with E-state index in [0.717, 1.165) is 12.1 Å². The fourth-order valence-corrected chi connectivity index (χ4v) is 2.16. The lowest BCUT2D eigenvalue weighted by Crippen LogP contribution is -2.10. The third kappa shape index (κ3) is 3.36. The Kier molecular flexibility index (Phi) is 4.74. The lowest BCUT2D eigenvalue weighted by atomic mass is 10.3. The van der Waals surface area contributed by atoms with Crippen LogP contribution in [0.2, 0.25) is 5.02 Å². The molecule has 0 aliphatic heterocycles. The number of nitrogen functional groups attached to an aromatic ring is 1. The smallest absolute Gasteiger partial charge is 0.169 e. The van der Waals surface area contributed by atoms with Gasteiger partial charge in [-0.3, -0.25) is 0 Å². The van der Waals surface area contributed by atoms with Gasteiger partial charge in [-0.2, -0.15) is 0 Å². The first-order valence-electron chi connectivity index (χ1n) is 5.40. The number of nitrogens with zero attached hydrogens (tertiary/aromatic N) is 1. The molecule has 0 fully saturated rings.